The van der Waals surface area contributed by atoms with E-state index in [1.807, 2.05) is 0 Å². The molecule has 21 heavy (non-hydrogen) atoms. The standard InChI is InChI=1S/C12H24N2O.CH4O4S/c1-7-14(5,6)9-11(4)8-13-12(15)10(2)3;1-5-6(2,3)4/h11H,2,7-9H2,1,3-6H3;1H3,(H,2,3,4). The van der Waals surface area contributed by atoms with Gasteiger partial charge in [-0.15, -0.1) is 0 Å². The van der Waals surface area contributed by atoms with Crippen molar-refractivity contribution in [3.8, 4) is 0 Å². The Kier molecular flexibility index (Phi) is 10.5. The molecular weight excluding hydrogens is 296 g/mol. The molecule has 1 unspecified atom stereocenters. The number of carbonyl (C=O) groups is 1. The molecule has 1 amide bonds. The number of rotatable bonds is 7. The molecule has 0 saturated heterocycles. The van der Waals surface area contributed by atoms with E-state index in [4.69, 9.17) is 0 Å². The van der Waals surface area contributed by atoms with E-state index in [2.05, 4.69) is 44.0 Å². The lowest BCUT2D eigenvalue weighted by molar-refractivity contribution is -0.891. The van der Waals surface area contributed by atoms with Crippen molar-refractivity contribution in [2.45, 2.75) is 20.8 Å². The van der Waals surface area contributed by atoms with Crippen molar-refractivity contribution in [1.82, 2.24) is 5.32 Å². The number of hydrogen-bond donors (Lipinski definition) is 1. The summed E-state index contributed by atoms with van der Waals surface area (Å²) in [6.45, 7) is 12.6. The minimum Gasteiger partial charge on any atom is -0.726 e. The van der Waals surface area contributed by atoms with Crippen LogP contribution in [0.1, 0.15) is 20.8 Å². The van der Waals surface area contributed by atoms with Crippen LogP contribution in [0, 0.1) is 5.92 Å². The van der Waals surface area contributed by atoms with Crippen LogP contribution in [0.3, 0.4) is 0 Å². The van der Waals surface area contributed by atoms with Crippen LogP contribution < -0.4 is 5.32 Å². The predicted octanol–water partition coefficient (Wildman–Crippen LogP) is 0.504. The molecule has 0 spiro atoms. The molecule has 0 heterocycles. The summed E-state index contributed by atoms with van der Waals surface area (Å²) >= 11 is 0. The Morgan fingerprint density at radius 3 is 2.14 bits per heavy atom. The summed E-state index contributed by atoms with van der Waals surface area (Å²) < 4.78 is 32.0. The van der Waals surface area contributed by atoms with Crippen LogP contribution in [0.2, 0.25) is 0 Å². The molecule has 0 rings (SSSR count). The van der Waals surface area contributed by atoms with Gasteiger partial charge in [0.05, 0.1) is 34.3 Å². The van der Waals surface area contributed by atoms with Gasteiger partial charge < -0.3 is 14.4 Å². The lowest BCUT2D eigenvalue weighted by atomic mass is 10.1. The van der Waals surface area contributed by atoms with E-state index < -0.39 is 10.4 Å². The Labute approximate surface area is 128 Å². The molecular formula is C13H28N2O5S. The van der Waals surface area contributed by atoms with Gasteiger partial charge in [-0.3, -0.25) is 8.98 Å². The second-order valence-electron chi connectivity index (χ2n) is 5.60. The Hall–Kier alpha value is -0.960. The average molecular weight is 324 g/mol. The van der Waals surface area contributed by atoms with Crippen molar-refractivity contribution in [2.75, 3.05) is 40.8 Å². The molecule has 0 aliphatic carbocycles. The molecule has 0 aromatic heterocycles. The van der Waals surface area contributed by atoms with Crippen LogP contribution >= 0.6 is 0 Å². The largest absolute Gasteiger partial charge is 0.726 e. The first-order valence-electron chi connectivity index (χ1n) is 6.61. The van der Waals surface area contributed by atoms with Crippen molar-refractivity contribution in [2.24, 2.45) is 5.92 Å². The molecule has 7 nitrogen and oxygen atoms in total. The van der Waals surface area contributed by atoms with E-state index in [-0.39, 0.29) is 5.91 Å². The Balaban J connectivity index is 0. The summed E-state index contributed by atoms with van der Waals surface area (Å²) in [6.07, 6.45) is 0. The van der Waals surface area contributed by atoms with Gasteiger partial charge in [0.2, 0.25) is 16.3 Å². The lowest BCUT2D eigenvalue weighted by Gasteiger charge is -2.31. The highest BCUT2D eigenvalue weighted by atomic mass is 32.3. The molecule has 126 valence electrons. The first kappa shape index (κ1) is 22.3. The number of amides is 1. The highest BCUT2D eigenvalue weighted by Gasteiger charge is 2.17. The van der Waals surface area contributed by atoms with E-state index in [1.54, 1.807) is 6.92 Å². The molecule has 0 fully saturated rings. The zero-order valence-electron chi connectivity index (χ0n) is 13.8. The van der Waals surface area contributed by atoms with E-state index in [0.29, 0.717) is 11.5 Å². The van der Waals surface area contributed by atoms with Crippen molar-refractivity contribution < 1.29 is 26.4 Å². The van der Waals surface area contributed by atoms with Gasteiger partial charge in [0.15, 0.2) is 0 Å². The summed E-state index contributed by atoms with van der Waals surface area (Å²) in [5.74, 6) is 0.451. The lowest BCUT2D eigenvalue weighted by Crippen LogP contribution is -2.45. The SMILES string of the molecule is C=C(C)C(=O)NCC(C)C[N+](C)(C)CC.COS(=O)(=O)[O-]. The maximum absolute atomic E-state index is 11.3. The molecule has 1 atom stereocenters. The topological polar surface area (TPSA) is 95.5 Å². The summed E-state index contributed by atoms with van der Waals surface area (Å²) in [5, 5.41) is 2.88. The third-order valence-corrected chi connectivity index (χ3v) is 3.27. The van der Waals surface area contributed by atoms with Gasteiger partial charge in [-0.05, 0) is 13.8 Å². The van der Waals surface area contributed by atoms with Gasteiger partial charge >= 0.3 is 0 Å². The molecule has 8 heteroatoms. The van der Waals surface area contributed by atoms with Crippen LogP contribution in [-0.4, -0.2) is 64.2 Å². The molecule has 0 aromatic rings. The number of carbonyl (C=O) groups excluding carboxylic acids is 1. The molecule has 1 N–H and O–H groups in total. The van der Waals surface area contributed by atoms with Crippen molar-refractivity contribution in [3.63, 3.8) is 0 Å². The Bertz CT molecular complexity index is 432. The maximum atomic E-state index is 11.3. The quantitative estimate of drug-likeness (QED) is 0.318. The summed E-state index contributed by atoms with van der Waals surface area (Å²) in [6, 6.07) is 0. The molecule has 0 aromatic carbocycles. The number of hydrogen-bond acceptors (Lipinski definition) is 5. The second-order valence-corrected chi connectivity index (χ2v) is 6.75. The number of nitrogens with one attached hydrogen (secondary N) is 1. The van der Waals surface area contributed by atoms with E-state index >= 15 is 0 Å². The van der Waals surface area contributed by atoms with Crippen LogP contribution in [0.15, 0.2) is 12.2 Å². The molecule has 0 aliphatic heterocycles. The third kappa shape index (κ3) is 15.3. The van der Waals surface area contributed by atoms with Crippen molar-refractivity contribution in [3.05, 3.63) is 12.2 Å². The van der Waals surface area contributed by atoms with Crippen molar-refractivity contribution >= 4 is 16.3 Å². The fraction of sp³-hybridized carbons (Fsp3) is 0.769. The molecule has 0 bridgehead atoms. The normalized spacial score (nSPS) is 12.9. The average Bonchev–Trinajstić information content (AvgIpc) is 2.35. The van der Waals surface area contributed by atoms with E-state index in [1.165, 1.54) is 0 Å². The van der Waals surface area contributed by atoms with E-state index in [9.17, 15) is 17.8 Å². The van der Waals surface area contributed by atoms with Gasteiger partial charge in [0.25, 0.3) is 0 Å². The zero-order valence-corrected chi connectivity index (χ0v) is 14.6. The molecule has 0 saturated carbocycles. The highest BCUT2D eigenvalue weighted by Crippen LogP contribution is 2.04. The third-order valence-electron chi connectivity index (χ3n) is 2.86. The number of quaternary nitrogens is 1. The molecule has 0 aliphatic rings. The minimum atomic E-state index is -4.41. The van der Waals surface area contributed by atoms with Crippen LogP contribution in [0.4, 0.5) is 0 Å². The van der Waals surface area contributed by atoms with Crippen LogP contribution in [0.25, 0.3) is 0 Å². The second kappa shape index (κ2) is 9.88. The minimum absolute atomic E-state index is 0.0383. The smallest absolute Gasteiger partial charge is 0.246 e. The number of nitrogens with zero attached hydrogens (tertiary/aromatic N) is 1. The first-order valence-corrected chi connectivity index (χ1v) is 7.95. The van der Waals surface area contributed by atoms with Crippen LogP contribution in [0.5, 0.6) is 0 Å². The van der Waals surface area contributed by atoms with Gasteiger partial charge in [-0.25, -0.2) is 8.42 Å². The van der Waals surface area contributed by atoms with Gasteiger partial charge in [-0.2, -0.15) is 0 Å². The molecule has 0 radical (unpaired) electrons. The van der Waals surface area contributed by atoms with Crippen LogP contribution in [-0.2, 0) is 19.4 Å². The maximum Gasteiger partial charge on any atom is 0.246 e. The summed E-state index contributed by atoms with van der Waals surface area (Å²) in [4.78, 5) is 11.3. The Morgan fingerprint density at radius 1 is 1.43 bits per heavy atom. The highest BCUT2D eigenvalue weighted by molar-refractivity contribution is 7.80. The monoisotopic (exact) mass is 324 g/mol. The summed E-state index contributed by atoms with van der Waals surface area (Å²) in [5.41, 5.74) is 0.575. The fourth-order valence-corrected chi connectivity index (χ4v) is 1.46. The Morgan fingerprint density at radius 2 is 1.86 bits per heavy atom. The summed E-state index contributed by atoms with van der Waals surface area (Å²) in [7, 11) is 0.807. The van der Waals surface area contributed by atoms with Gasteiger partial charge in [-0.1, -0.05) is 13.5 Å². The zero-order chi connectivity index (χ0) is 17.3. The predicted molar refractivity (Wildman–Crippen MR) is 81.2 cm³/mol. The van der Waals surface area contributed by atoms with Gasteiger partial charge in [0, 0.05) is 18.0 Å². The fourth-order valence-electron chi connectivity index (χ4n) is 1.46. The van der Waals surface area contributed by atoms with Gasteiger partial charge in [0.1, 0.15) is 0 Å². The first-order chi connectivity index (χ1) is 9.34. The van der Waals surface area contributed by atoms with Crippen molar-refractivity contribution in [1.29, 1.82) is 0 Å². The van der Waals surface area contributed by atoms with E-state index in [0.717, 1.165) is 31.2 Å².